The lowest BCUT2D eigenvalue weighted by Crippen LogP contribution is -2.23. The molecule has 1 atom stereocenters. The van der Waals surface area contributed by atoms with Gasteiger partial charge in [-0.3, -0.25) is 4.79 Å². The van der Waals surface area contributed by atoms with Gasteiger partial charge in [-0.05, 0) is 48.3 Å². The predicted octanol–water partition coefficient (Wildman–Crippen LogP) is 2.43. The zero-order valence-corrected chi connectivity index (χ0v) is 16.3. The molecule has 1 amide bonds. The molecule has 2 aromatic rings. The Labute approximate surface area is 158 Å². The fourth-order valence-corrected chi connectivity index (χ4v) is 3.92. The largest absolute Gasteiger partial charge is 0.612 e. The van der Waals surface area contributed by atoms with E-state index in [9.17, 15) is 13.7 Å². The molecule has 9 heteroatoms. The van der Waals surface area contributed by atoms with Crippen molar-refractivity contribution in [3.05, 3.63) is 45.7 Å². The molecule has 0 bridgehead atoms. The predicted molar refractivity (Wildman–Crippen MR) is 106 cm³/mol. The molecule has 6 nitrogen and oxygen atoms in total. The molecule has 0 spiro atoms. The summed E-state index contributed by atoms with van der Waals surface area (Å²) in [5.41, 5.74) is 20.5. The monoisotopic (exact) mass is 396 g/mol. The van der Waals surface area contributed by atoms with Crippen LogP contribution >= 0.6 is 11.3 Å². The zero-order valence-electron chi connectivity index (χ0n) is 14.7. The lowest BCUT2D eigenvalue weighted by atomic mass is 10.1. The van der Waals surface area contributed by atoms with Crippen LogP contribution in [0.5, 0.6) is 0 Å². The number of allylic oxidation sites excluding steroid dienone is 2. The smallest absolute Gasteiger partial charge is 0.263 e. The molecule has 7 N–H and O–H groups in total. The van der Waals surface area contributed by atoms with Crippen molar-refractivity contribution >= 4 is 44.7 Å². The van der Waals surface area contributed by atoms with Crippen molar-refractivity contribution in [2.75, 3.05) is 17.7 Å². The minimum Gasteiger partial charge on any atom is -0.612 e. The highest BCUT2D eigenvalue weighted by Gasteiger charge is 2.21. The Bertz CT molecular complexity index is 874. The SMILES string of the molecule is C/C(N)=C(\C)c1c(N)sc(C(=O)NCc2ccc([S+](C)[O-])c(F)c2)c1N. The summed E-state index contributed by atoms with van der Waals surface area (Å²) in [5.74, 6) is -0.976. The Morgan fingerprint density at radius 2 is 2.00 bits per heavy atom. The molecular weight excluding hydrogens is 375 g/mol. The maximum atomic E-state index is 13.9. The number of thiophene rings is 1. The van der Waals surface area contributed by atoms with Gasteiger partial charge in [-0.2, -0.15) is 0 Å². The normalized spacial score (nSPS) is 13.3. The summed E-state index contributed by atoms with van der Waals surface area (Å²) in [6, 6.07) is 4.31. The first-order valence-electron chi connectivity index (χ1n) is 7.64. The molecule has 1 heterocycles. The topological polar surface area (TPSA) is 130 Å². The van der Waals surface area contributed by atoms with E-state index in [0.717, 1.165) is 16.9 Å². The van der Waals surface area contributed by atoms with E-state index in [-0.39, 0.29) is 22.0 Å². The number of nitrogens with two attached hydrogens (primary N) is 3. The van der Waals surface area contributed by atoms with Crippen LogP contribution < -0.4 is 22.5 Å². The lowest BCUT2D eigenvalue weighted by Gasteiger charge is -2.09. The molecule has 0 aliphatic rings. The second-order valence-corrected chi connectivity index (χ2v) is 8.19. The lowest BCUT2D eigenvalue weighted by molar-refractivity contribution is 0.0955. The van der Waals surface area contributed by atoms with E-state index in [0.29, 0.717) is 21.8 Å². The molecule has 26 heavy (non-hydrogen) atoms. The van der Waals surface area contributed by atoms with Crippen LogP contribution in [-0.4, -0.2) is 16.7 Å². The summed E-state index contributed by atoms with van der Waals surface area (Å²) < 4.78 is 25.2. The number of benzene rings is 1. The van der Waals surface area contributed by atoms with Gasteiger partial charge in [-0.1, -0.05) is 6.07 Å². The quantitative estimate of drug-likeness (QED) is 0.577. The first-order chi connectivity index (χ1) is 12.1. The van der Waals surface area contributed by atoms with Crippen LogP contribution in [0.3, 0.4) is 0 Å². The van der Waals surface area contributed by atoms with Crippen molar-refractivity contribution in [3.63, 3.8) is 0 Å². The minimum atomic E-state index is -1.41. The van der Waals surface area contributed by atoms with Crippen LogP contribution in [-0.2, 0) is 17.7 Å². The number of halogens is 1. The van der Waals surface area contributed by atoms with E-state index >= 15 is 0 Å². The van der Waals surface area contributed by atoms with Gasteiger partial charge in [0.15, 0.2) is 10.7 Å². The standard InChI is InChI=1S/C17H21FN4O2S2/c1-8(9(2)19)13-14(20)15(25-16(13)21)17(23)22-7-10-4-5-12(26(3)24)11(18)6-10/h4-6H,7,19-21H2,1-3H3,(H,22,23)/b9-8-. The van der Waals surface area contributed by atoms with E-state index in [1.54, 1.807) is 19.9 Å². The molecular formula is C17H21FN4O2S2. The Kier molecular flexibility index (Phi) is 6.17. The van der Waals surface area contributed by atoms with Gasteiger partial charge in [0, 0.05) is 17.8 Å². The Morgan fingerprint density at radius 3 is 2.54 bits per heavy atom. The van der Waals surface area contributed by atoms with E-state index in [2.05, 4.69) is 5.32 Å². The van der Waals surface area contributed by atoms with Crippen LogP contribution in [0.4, 0.5) is 15.1 Å². The minimum absolute atomic E-state index is 0.101. The molecule has 0 saturated heterocycles. The van der Waals surface area contributed by atoms with Gasteiger partial charge < -0.3 is 27.1 Å². The fraction of sp³-hybridized carbons (Fsp3) is 0.235. The van der Waals surface area contributed by atoms with Crippen molar-refractivity contribution in [1.29, 1.82) is 0 Å². The molecule has 0 radical (unpaired) electrons. The van der Waals surface area contributed by atoms with Crippen molar-refractivity contribution in [3.8, 4) is 0 Å². The summed E-state index contributed by atoms with van der Waals surface area (Å²) in [6.07, 6.45) is 1.40. The molecule has 1 unspecified atom stereocenters. The van der Waals surface area contributed by atoms with Gasteiger partial charge in [0.05, 0.1) is 10.7 Å². The summed E-state index contributed by atoms with van der Waals surface area (Å²) in [6.45, 7) is 3.62. The van der Waals surface area contributed by atoms with E-state index in [1.165, 1.54) is 18.4 Å². The van der Waals surface area contributed by atoms with Gasteiger partial charge in [0.25, 0.3) is 5.91 Å². The van der Waals surface area contributed by atoms with Gasteiger partial charge in [0.2, 0.25) is 0 Å². The molecule has 0 aliphatic heterocycles. The highest BCUT2D eigenvalue weighted by atomic mass is 32.2. The molecule has 140 valence electrons. The molecule has 0 saturated carbocycles. The number of hydrogen-bond donors (Lipinski definition) is 4. The average molecular weight is 397 g/mol. The number of amides is 1. The van der Waals surface area contributed by atoms with Crippen molar-refractivity contribution in [2.24, 2.45) is 5.73 Å². The summed E-state index contributed by atoms with van der Waals surface area (Å²) in [4.78, 5) is 12.8. The van der Waals surface area contributed by atoms with E-state index < -0.39 is 22.9 Å². The van der Waals surface area contributed by atoms with Crippen LogP contribution in [0.2, 0.25) is 0 Å². The first kappa shape index (κ1) is 20.1. The number of carbonyl (C=O) groups excluding carboxylic acids is 1. The van der Waals surface area contributed by atoms with Gasteiger partial charge in [-0.15, -0.1) is 11.3 Å². The number of rotatable bonds is 5. The third-order valence-electron chi connectivity index (χ3n) is 3.90. The first-order valence-corrected chi connectivity index (χ1v) is 10.0. The number of anilines is 2. The second kappa shape index (κ2) is 7.98. The molecule has 2 rings (SSSR count). The summed E-state index contributed by atoms with van der Waals surface area (Å²) in [7, 11) is 0. The highest BCUT2D eigenvalue weighted by Crippen LogP contribution is 2.38. The third-order valence-corrected chi connectivity index (χ3v) is 5.89. The number of carbonyl (C=O) groups is 1. The van der Waals surface area contributed by atoms with E-state index in [4.69, 9.17) is 17.2 Å². The maximum Gasteiger partial charge on any atom is 0.263 e. The second-order valence-electron chi connectivity index (χ2n) is 5.79. The van der Waals surface area contributed by atoms with E-state index in [1.807, 2.05) is 0 Å². The van der Waals surface area contributed by atoms with Crippen molar-refractivity contribution < 1.29 is 13.7 Å². The van der Waals surface area contributed by atoms with Crippen LogP contribution in [0, 0.1) is 5.82 Å². The maximum absolute atomic E-state index is 13.9. The van der Waals surface area contributed by atoms with Crippen LogP contribution in [0.15, 0.2) is 28.8 Å². The Morgan fingerprint density at radius 1 is 1.35 bits per heavy atom. The summed E-state index contributed by atoms with van der Waals surface area (Å²) in [5, 5.41) is 3.10. The highest BCUT2D eigenvalue weighted by molar-refractivity contribution is 7.90. The number of nitrogens with one attached hydrogen (secondary N) is 1. The Balaban J connectivity index is 2.18. The third kappa shape index (κ3) is 4.12. The van der Waals surface area contributed by atoms with Crippen LogP contribution in [0.1, 0.15) is 34.6 Å². The van der Waals surface area contributed by atoms with Gasteiger partial charge in [0.1, 0.15) is 11.1 Å². The van der Waals surface area contributed by atoms with Gasteiger partial charge >= 0.3 is 0 Å². The average Bonchev–Trinajstić information content (AvgIpc) is 2.86. The molecule has 0 aliphatic carbocycles. The number of hydrogen-bond acceptors (Lipinski definition) is 6. The Hall–Kier alpha value is -2.23. The fourth-order valence-electron chi connectivity index (χ4n) is 2.36. The molecule has 1 aromatic carbocycles. The molecule has 1 aromatic heterocycles. The van der Waals surface area contributed by atoms with Crippen molar-refractivity contribution in [1.82, 2.24) is 5.32 Å². The van der Waals surface area contributed by atoms with Gasteiger partial charge in [-0.25, -0.2) is 4.39 Å². The molecule has 0 fully saturated rings. The zero-order chi connectivity index (χ0) is 19.6. The number of nitrogen functional groups attached to an aromatic ring is 2. The summed E-state index contributed by atoms with van der Waals surface area (Å²) >= 11 is -0.332. The van der Waals surface area contributed by atoms with Crippen LogP contribution in [0.25, 0.3) is 5.57 Å². The van der Waals surface area contributed by atoms with Crippen molar-refractivity contribution in [2.45, 2.75) is 25.3 Å².